The third kappa shape index (κ3) is 2.72. The Balaban J connectivity index is 1.74. The van der Waals surface area contributed by atoms with E-state index in [-0.39, 0.29) is 5.56 Å². The van der Waals surface area contributed by atoms with Crippen LogP contribution in [0.1, 0.15) is 11.1 Å². The minimum Gasteiger partial charge on any atom is -0.492 e. The number of hydrogen-bond donors (Lipinski definition) is 0. The van der Waals surface area contributed by atoms with Crippen LogP contribution in [-0.4, -0.2) is 25.9 Å². The molecule has 0 spiro atoms. The molecule has 2 heterocycles. The van der Waals surface area contributed by atoms with Gasteiger partial charge in [-0.2, -0.15) is 5.10 Å². The number of aromatic nitrogens is 4. The second-order valence-electron chi connectivity index (χ2n) is 5.42. The Hall–Kier alpha value is -2.63. The summed E-state index contributed by atoms with van der Waals surface area (Å²) in [5.74, 6) is 0.820. The van der Waals surface area contributed by atoms with E-state index >= 15 is 0 Å². The van der Waals surface area contributed by atoms with Crippen LogP contribution in [-0.2, 0) is 13.6 Å². The van der Waals surface area contributed by atoms with Crippen LogP contribution >= 0.6 is 0 Å². The minimum absolute atomic E-state index is 0.0953. The summed E-state index contributed by atoms with van der Waals surface area (Å²) >= 11 is 0. The van der Waals surface area contributed by atoms with Crippen molar-refractivity contribution in [3.05, 3.63) is 52.2 Å². The molecule has 0 amide bonds. The van der Waals surface area contributed by atoms with Gasteiger partial charge in [0.1, 0.15) is 24.1 Å². The molecular formula is C16H18N4O2. The summed E-state index contributed by atoms with van der Waals surface area (Å²) in [7, 11) is 1.77. The van der Waals surface area contributed by atoms with Gasteiger partial charge in [0.2, 0.25) is 0 Å². The van der Waals surface area contributed by atoms with E-state index in [9.17, 15) is 4.79 Å². The van der Waals surface area contributed by atoms with Crippen molar-refractivity contribution in [2.24, 2.45) is 7.05 Å². The van der Waals surface area contributed by atoms with Crippen LogP contribution in [0.4, 0.5) is 0 Å². The molecule has 0 saturated heterocycles. The molecule has 6 heteroatoms. The number of fused-ring (bicyclic) bond motifs is 1. The highest BCUT2D eigenvalue weighted by molar-refractivity contribution is 5.72. The van der Waals surface area contributed by atoms with Crippen LogP contribution in [0.15, 0.2) is 35.5 Å². The Morgan fingerprint density at radius 2 is 1.91 bits per heavy atom. The quantitative estimate of drug-likeness (QED) is 0.737. The van der Waals surface area contributed by atoms with Crippen molar-refractivity contribution in [1.29, 1.82) is 0 Å². The van der Waals surface area contributed by atoms with Gasteiger partial charge in [-0.05, 0) is 37.1 Å². The molecule has 0 radical (unpaired) electrons. The van der Waals surface area contributed by atoms with Crippen molar-refractivity contribution in [3.8, 4) is 5.75 Å². The smallest absolute Gasteiger partial charge is 0.264 e. The van der Waals surface area contributed by atoms with Gasteiger partial charge in [0.25, 0.3) is 5.56 Å². The van der Waals surface area contributed by atoms with Crippen molar-refractivity contribution < 1.29 is 4.74 Å². The van der Waals surface area contributed by atoms with E-state index in [0.717, 1.165) is 16.9 Å². The first-order valence-electron chi connectivity index (χ1n) is 7.13. The minimum atomic E-state index is -0.0953. The molecule has 2 aromatic heterocycles. The lowest BCUT2D eigenvalue weighted by molar-refractivity contribution is 0.295. The summed E-state index contributed by atoms with van der Waals surface area (Å²) in [6.45, 7) is 4.93. The predicted octanol–water partition coefficient (Wildman–Crippen LogP) is 1.83. The second-order valence-corrected chi connectivity index (χ2v) is 5.42. The fraction of sp³-hybridized carbons (Fsp3) is 0.312. The molecule has 0 aliphatic rings. The zero-order valence-corrected chi connectivity index (χ0v) is 12.9. The Bertz CT molecular complexity index is 859. The molecule has 1 aromatic carbocycles. The zero-order chi connectivity index (χ0) is 15.7. The lowest BCUT2D eigenvalue weighted by Crippen LogP contribution is -2.23. The summed E-state index contributed by atoms with van der Waals surface area (Å²) < 4.78 is 8.87. The average molecular weight is 298 g/mol. The normalized spacial score (nSPS) is 11.0. The van der Waals surface area contributed by atoms with Gasteiger partial charge >= 0.3 is 0 Å². The number of rotatable bonds is 4. The average Bonchev–Trinajstić information content (AvgIpc) is 2.83. The number of hydrogen-bond acceptors (Lipinski definition) is 4. The van der Waals surface area contributed by atoms with Gasteiger partial charge in [-0.3, -0.25) is 14.0 Å². The summed E-state index contributed by atoms with van der Waals surface area (Å²) in [5, 5.41) is 4.58. The van der Waals surface area contributed by atoms with Crippen molar-refractivity contribution in [2.75, 3.05) is 6.61 Å². The van der Waals surface area contributed by atoms with Gasteiger partial charge in [0.05, 0.1) is 12.7 Å². The van der Waals surface area contributed by atoms with Gasteiger partial charge in [-0.1, -0.05) is 6.07 Å². The molecule has 3 rings (SSSR count). The van der Waals surface area contributed by atoms with Crippen LogP contribution in [0.25, 0.3) is 11.0 Å². The summed E-state index contributed by atoms with van der Waals surface area (Å²) in [6, 6.07) is 6.06. The monoisotopic (exact) mass is 298 g/mol. The molecular weight excluding hydrogens is 280 g/mol. The maximum absolute atomic E-state index is 12.3. The summed E-state index contributed by atoms with van der Waals surface area (Å²) in [5.41, 5.74) is 2.81. The molecule has 114 valence electrons. The molecule has 0 fully saturated rings. The van der Waals surface area contributed by atoms with E-state index in [1.807, 2.05) is 26.0 Å². The first-order valence-corrected chi connectivity index (χ1v) is 7.13. The van der Waals surface area contributed by atoms with Crippen molar-refractivity contribution in [3.63, 3.8) is 0 Å². The van der Waals surface area contributed by atoms with Gasteiger partial charge < -0.3 is 4.74 Å². The van der Waals surface area contributed by atoms with Crippen LogP contribution < -0.4 is 10.3 Å². The summed E-state index contributed by atoms with van der Waals surface area (Å²) in [4.78, 5) is 16.6. The van der Waals surface area contributed by atoms with E-state index in [1.165, 1.54) is 6.33 Å². The third-order valence-corrected chi connectivity index (χ3v) is 3.51. The van der Waals surface area contributed by atoms with Gasteiger partial charge in [0.15, 0.2) is 5.65 Å². The van der Waals surface area contributed by atoms with Crippen molar-refractivity contribution in [1.82, 2.24) is 19.3 Å². The molecule has 6 nitrogen and oxygen atoms in total. The van der Waals surface area contributed by atoms with Crippen molar-refractivity contribution >= 4 is 11.0 Å². The fourth-order valence-electron chi connectivity index (χ4n) is 2.50. The molecule has 0 bridgehead atoms. The SMILES string of the molecule is Cc1cc(C)cc(OCCn2cnc3c(cnn3C)c2=O)c1. The van der Waals surface area contributed by atoms with Crippen LogP contribution in [0.2, 0.25) is 0 Å². The largest absolute Gasteiger partial charge is 0.492 e. The Labute approximate surface area is 128 Å². The van der Waals surface area contributed by atoms with E-state index in [1.54, 1.807) is 22.5 Å². The highest BCUT2D eigenvalue weighted by Crippen LogP contribution is 2.16. The Kier molecular flexibility index (Phi) is 3.66. The standard InChI is InChI=1S/C16H18N4O2/c1-11-6-12(2)8-13(7-11)22-5-4-20-10-17-15-14(16(20)21)9-18-19(15)3/h6-10H,4-5H2,1-3H3. The number of nitrogens with zero attached hydrogens (tertiary/aromatic N) is 4. The highest BCUT2D eigenvalue weighted by atomic mass is 16.5. The fourth-order valence-corrected chi connectivity index (χ4v) is 2.50. The lowest BCUT2D eigenvalue weighted by atomic mass is 10.1. The molecule has 3 aromatic rings. The molecule has 0 aliphatic carbocycles. The van der Waals surface area contributed by atoms with Gasteiger partial charge in [-0.15, -0.1) is 0 Å². The number of benzene rings is 1. The molecule has 0 N–H and O–H groups in total. The summed E-state index contributed by atoms with van der Waals surface area (Å²) in [6.07, 6.45) is 3.09. The Morgan fingerprint density at radius 3 is 2.64 bits per heavy atom. The van der Waals surface area contributed by atoms with E-state index in [2.05, 4.69) is 16.1 Å². The first kappa shape index (κ1) is 14.3. The van der Waals surface area contributed by atoms with E-state index in [4.69, 9.17) is 4.74 Å². The lowest BCUT2D eigenvalue weighted by Gasteiger charge is -2.09. The van der Waals surface area contributed by atoms with Crippen LogP contribution in [0, 0.1) is 13.8 Å². The number of ether oxygens (including phenoxy) is 1. The predicted molar refractivity (Wildman–Crippen MR) is 84.2 cm³/mol. The number of aryl methyl sites for hydroxylation is 3. The highest BCUT2D eigenvalue weighted by Gasteiger charge is 2.08. The topological polar surface area (TPSA) is 61.9 Å². The molecule has 0 saturated carbocycles. The van der Waals surface area contributed by atoms with E-state index in [0.29, 0.717) is 24.2 Å². The Morgan fingerprint density at radius 1 is 1.18 bits per heavy atom. The zero-order valence-electron chi connectivity index (χ0n) is 12.9. The van der Waals surface area contributed by atoms with Crippen LogP contribution in [0.5, 0.6) is 5.75 Å². The third-order valence-electron chi connectivity index (χ3n) is 3.51. The maximum atomic E-state index is 12.3. The molecule has 0 unspecified atom stereocenters. The molecule has 0 aliphatic heterocycles. The second kappa shape index (κ2) is 5.63. The van der Waals surface area contributed by atoms with E-state index < -0.39 is 0 Å². The van der Waals surface area contributed by atoms with Gasteiger partial charge in [0, 0.05) is 7.05 Å². The van der Waals surface area contributed by atoms with Crippen molar-refractivity contribution in [2.45, 2.75) is 20.4 Å². The van der Waals surface area contributed by atoms with Crippen LogP contribution in [0.3, 0.4) is 0 Å². The van der Waals surface area contributed by atoms with Gasteiger partial charge in [-0.25, -0.2) is 4.98 Å². The molecule has 0 atom stereocenters. The molecule has 22 heavy (non-hydrogen) atoms. The first-order chi connectivity index (χ1) is 10.5. The maximum Gasteiger partial charge on any atom is 0.264 e.